The van der Waals surface area contributed by atoms with Crippen LogP contribution in [0.25, 0.3) is 0 Å². The maximum absolute atomic E-state index is 12.2. The molecular formula is C17H21N3O3. The summed E-state index contributed by atoms with van der Waals surface area (Å²) in [6.07, 6.45) is 2.39. The highest BCUT2D eigenvalue weighted by molar-refractivity contribution is 5.99. The zero-order valence-corrected chi connectivity index (χ0v) is 13.2. The van der Waals surface area contributed by atoms with Crippen LogP contribution in [-0.2, 0) is 20.8 Å². The van der Waals surface area contributed by atoms with Gasteiger partial charge >= 0.3 is 0 Å². The molecule has 1 aromatic rings. The van der Waals surface area contributed by atoms with E-state index < -0.39 is 6.04 Å². The Hall–Kier alpha value is -2.63. The summed E-state index contributed by atoms with van der Waals surface area (Å²) in [7, 11) is 0. The van der Waals surface area contributed by atoms with Crippen molar-refractivity contribution in [2.75, 3.05) is 18.4 Å². The molecule has 1 unspecified atom stereocenters. The Morgan fingerprint density at radius 1 is 1.43 bits per heavy atom. The van der Waals surface area contributed by atoms with Crippen molar-refractivity contribution in [3.05, 3.63) is 42.5 Å². The summed E-state index contributed by atoms with van der Waals surface area (Å²) in [5, 5.41) is 5.54. The third-order valence-electron chi connectivity index (χ3n) is 3.83. The normalized spacial score (nSPS) is 16.6. The highest BCUT2D eigenvalue weighted by Gasteiger charge is 2.25. The minimum absolute atomic E-state index is 0.0852. The van der Waals surface area contributed by atoms with Crippen LogP contribution in [0.4, 0.5) is 5.69 Å². The van der Waals surface area contributed by atoms with Crippen molar-refractivity contribution in [1.29, 1.82) is 0 Å². The zero-order chi connectivity index (χ0) is 16.8. The zero-order valence-electron chi connectivity index (χ0n) is 13.2. The standard InChI is InChI=1S/C17H21N3O3/c1-3-16(22)20(4-2)11-15(21)18-14-10-9-12-7-5-6-8-13(12)19-17(14)23/h3,5-8,14H,1,4,9-11H2,2H3,(H,18,21)(H,19,23). The van der Waals surface area contributed by atoms with Crippen molar-refractivity contribution in [2.24, 2.45) is 0 Å². The Labute approximate surface area is 135 Å². The Kier molecular flexibility index (Phi) is 5.51. The average molecular weight is 315 g/mol. The average Bonchev–Trinajstić information content (AvgIpc) is 2.71. The SMILES string of the molecule is C=CC(=O)N(CC)CC(=O)NC1CCc2ccccc2NC1=O. The molecule has 1 aliphatic heterocycles. The van der Waals surface area contributed by atoms with E-state index >= 15 is 0 Å². The van der Waals surface area contributed by atoms with Crippen LogP contribution >= 0.6 is 0 Å². The van der Waals surface area contributed by atoms with E-state index in [4.69, 9.17) is 0 Å². The molecule has 0 aliphatic carbocycles. The van der Waals surface area contributed by atoms with Crippen LogP contribution < -0.4 is 10.6 Å². The van der Waals surface area contributed by atoms with Crippen molar-refractivity contribution < 1.29 is 14.4 Å². The number of rotatable bonds is 5. The van der Waals surface area contributed by atoms with E-state index in [0.717, 1.165) is 11.3 Å². The Morgan fingerprint density at radius 2 is 2.17 bits per heavy atom. The van der Waals surface area contributed by atoms with Crippen LogP contribution in [0, 0.1) is 0 Å². The molecule has 0 radical (unpaired) electrons. The molecule has 23 heavy (non-hydrogen) atoms. The summed E-state index contributed by atoms with van der Waals surface area (Å²) in [4.78, 5) is 37.3. The van der Waals surface area contributed by atoms with Gasteiger partial charge in [-0.1, -0.05) is 24.8 Å². The van der Waals surface area contributed by atoms with Crippen LogP contribution in [0.2, 0.25) is 0 Å². The first-order chi connectivity index (χ1) is 11.0. The Balaban J connectivity index is 1.98. The lowest BCUT2D eigenvalue weighted by atomic mass is 10.1. The number of para-hydroxylation sites is 1. The number of nitrogens with one attached hydrogen (secondary N) is 2. The van der Waals surface area contributed by atoms with Gasteiger partial charge in [0.25, 0.3) is 0 Å². The number of hydrogen-bond donors (Lipinski definition) is 2. The summed E-state index contributed by atoms with van der Waals surface area (Å²) in [6.45, 7) is 5.51. The van der Waals surface area contributed by atoms with E-state index in [1.54, 1.807) is 6.92 Å². The molecule has 0 saturated heterocycles. The third-order valence-corrected chi connectivity index (χ3v) is 3.83. The van der Waals surface area contributed by atoms with E-state index in [2.05, 4.69) is 17.2 Å². The maximum atomic E-state index is 12.2. The smallest absolute Gasteiger partial charge is 0.246 e. The van der Waals surface area contributed by atoms with E-state index in [-0.39, 0.29) is 24.3 Å². The number of aryl methyl sites for hydroxylation is 1. The summed E-state index contributed by atoms with van der Waals surface area (Å²) >= 11 is 0. The number of anilines is 1. The number of fused-ring (bicyclic) bond motifs is 1. The fourth-order valence-electron chi connectivity index (χ4n) is 2.54. The van der Waals surface area contributed by atoms with Crippen molar-refractivity contribution in [3.8, 4) is 0 Å². The predicted molar refractivity (Wildman–Crippen MR) is 87.8 cm³/mol. The second-order valence-electron chi connectivity index (χ2n) is 5.36. The molecule has 1 atom stereocenters. The van der Waals surface area contributed by atoms with Crippen molar-refractivity contribution in [2.45, 2.75) is 25.8 Å². The van der Waals surface area contributed by atoms with Gasteiger partial charge in [-0.25, -0.2) is 0 Å². The van der Waals surface area contributed by atoms with Crippen LogP contribution in [0.15, 0.2) is 36.9 Å². The van der Waals surface area contributed by atoms with E-state index in [1.165, 1.54) is 11.0 Å². The number of carbonyl (C=O) groups is 3. The molecule has 3 amide bonds. The summed E-state index contributed by atoms with van der Waals surface area (Å²) < 4.78 is 0. The lowest BCUT2D eigenvalue weighted by Gasteiger charge is -2.21. The summed E-state index contributed by atoms with van der Waals surface area (Å²) in [5.41, 5.74) is 1.83. The van der Waals surface area contributed by atoms with Gasteiger partial charge in [-0.3, -0.25) is 14.4 Å². The molecule has 1 aliphatic rings. The van der Waals surface area contributed by atoms with Gasteiger partial charge in [0.2, 0.25) is 17.7 Å². The van der Waals surface area contributed by atoms with Gasteiger partial charge in [-0.15, -0.1) is 0 Å². The molecule has 2 N–H and O–H groups in total. The molecule has 1 heterocycles. The Bertz CT molecular complexity index is 627. The fourth-order valence-corrected chi connectivity index (χ4v) is 2.54. The molecule has 0 spiro atoms. The number of carbonyl (C=O) groups excluding carboxylic acids is 3. The van der Waals surface area contributed by atoms with Gasteiger partial charge in [-0.2, -0.15) is 0 Å². The lowest BCUT2D eigenvalue weighted by molar-refractivity contribution is -0.133. The topological polar surface area (TPSA) is 78.5 Å². The van der Waals surface area contributed by atoms with Gasteiger partial charge < -0.3 is 15.5 Å². The highest BCUT2D eigenvalue weighted by Crippen LogP contribution is 2.21. The number of likely N-dealkylation sites (N-methyl/N-ethyl adjacent to an activating group) is 1. The van der Waals surface area contributed by atoms with Crippen molar-refractivity contribution >= 4 is 23.4 Å². The predicted octanol–water partition coefficient (Wildman–Crippen LogP) is 1.09. The summed E-state index contributed by atoms with van der Waals surface area (Å²) in [6, 6.07) is 6.98. The molecule has 0 bridgehead atoms. The first-order valence-electron chi connectivity index (χ1n) is 7.64. The molecule has 2 rings (SSSR count). The van der Waals surface area contributed by atoms with E-state index in [9.17, 15) is 14.4 Å². The largest absolute Gasteiger partial charge is 0.343 e. The molecule has 6 heteroatoms. The van der Waals surface area contributed by atoms with Gasteiger partial charge in [0.05, 0.1) is 6.54 Å². The second kappa shape index (κ2) is 7.58. The first-order valence-corrected chi connectivity index (χ1v) is 7.64. The molecule has 1 aromatic carbocycles. The minimum Gasteiger partial charge on any atom is -0.343 e. The molecule has 0 fully saturated rings. The minimum atomic E-state index is -0.604. The van der Waals surface area contributed by atoms with Crippen molar-refractivity contribution in [1.82, 2.24) is 10.2 Å². The molecule has 0 aromatic heterocycles. The number of amides is 3. The van der Waals surface area contributed by atoms with E-state index in [1.807, 2.05) is 24.3 Å². The lowest BCUT2D eigenvalue weighted by Crippen LogP contribution is -2.48. The highest BCUT2D eigenvalue weighted by atomic mass is 16.2. The molecule has 6 nitrogen and oxygen atoms in total. The van der Waals surface area contributed by atoms with Crippen LogP contribution in [0.1, 0.15) is 18.9 Å². The maximum Gasteiger partial charge on any atom is 0.246 e. The van der Waals surface area contributed by atoms with Crippen molar-refractivity contribution in [3.63, 3.8) is 0 Å². The number of hydrogen-bond acceptors (Lipinski definition) is 3. The van der Waals surface area contributed by atoms with Crippen LogP contribution in [0.3, 0.4) is 0 Å². The second-order valence-corrected chi connectivity index (χ2v) is 5.36. The van der Waals surface area contributed by atoms with E-state index in [0.29, 0.717) is 19.4 Å². The molecular weight excluding hydrogens is 294 g/mol. The quantitative estimate of drug-likeness (QED) is 0.798. The van der Waals surface area contributed by atoms with Gasteiger partial charge in [0.15, 0.2) is 0 Å². The monoisotopic (exact) mass is 315 g/mol. The van der Waals surface area contributed by atoms with Crippen LogP contribution in [-0.4, -0.2) is 41.8 Å². The first kappa shape index (κ1) is 16.7. The summed E-state index contributed by atoms with van der Waals surface area (Å²) in [5.74, 6) is -0.894. The molecule has 0 saturated carbocycles. The fraction of sp³-hybridized carbons (Fsp3) is 0.353. The van der Waals surface area contributed by atoms with Gasteiger partial charge in [-0.05, 0) is 37.5 Å². The third kappa shape index (κ3) is 4.18. The van der Waals surface area contributed by atoms with Gasteiger partial charge in [0, 0.05) is 12.2 Å². The number of benzene rings is 1. The van der Waals surface area contributed by atoms with Crippen LogP contribution in [0.5, 0.6) is 0 Å². The number of nitrogens with zero attached hydrogens (tertiary/aromatic N) is 1. The van der Waals surface area contributed by atoms with Gasteiger partial charge in [0.1, 0.15) is 6.04 Å². The molecule has 122 valence electrons. The Morgan fingerprint density at radius 3 is 2.87 bits per heavy atom.